The number of aromatic nitrogens is 1. The number of fused-ring (bicyclic) bond motifs is 4. The van der Waals surface area contributed by atoms with Crippen LogP contribution in [0.15, 0.2) is 22.6 Å². The number of piperidine rings is 3. The number of oxazole rings is 1. The van der Waals surface area contributed by atoms with E-state index in [4.69, 9.17) is 10.2 Å². The average molecular weight is 271 g/mol. The summed E-state index contributed by atoms with van der Waals surface area (Å²) in [6.45, 7) is 3.39. The molecule has 2 bridgehead atoms. The minimum Gasteiger partial charge on any atom is -0.440 e. The van der Waals surface area contributed by atoms with E-state index in [1.54, 1.807) is 12.1 Å². The highest BCUT2D eigenvalue weighted by Gasteiger charge is 2.37. The normalized spacial score (nSPS) is 28.9. The Morgan fingerprint density at radius 1 is 1.35 bits per heavy atom. The lowest BCUT2D eigenvalue weighted by molar-refractivity contribution is 0.0764. The Bertz CT molecular complexity index is 671. The maximum Gasteiger partial charge on any atom is 0.251 e. The number of para-hydroxylation sites is 1. The van der Waals surface area contributed by atoms with Gasteiger partial charge in [-0.2, -0.15) is 0 Å². The molecule has 4 heterocycles. The quantitative estimate of drug-likeness (QED) is 0.903. The van der Waals surface area contributed by atoms with Crippen LogP contribution in [0.3, 0.4) is 0 Å². The van der Waals surface area contributed by atoms with Crippen molar-refractivity contribution in [2.24, 2.45) is 11.7 Å². The van der Waals surface area contributed by atoms with E-state index in [2.05, 4.69) is 9.88 Å². The fourth-order valence-corrected chi connectivity index (χ4v) is 3.57. The summed E-state index contributed by atoms with van der Waals surface area (Å²) in [5.41, 5.74) is 7.11. The first-order chi connectivity index (χ1) is 9.72. The lowest BCUT2D eigenvalue weighted by atomic mass is 9.79. The molecule has 5 nitrogen and oxygen atoms in total. The van der Waals surface area contributed by atoms with Gasteiger partial charge in [0.1, 0.15) is 5.52 Å². The molecule has 5 rings (SSSR count). The Labute approximate surface area is 116 Å². The fraction of sp³-hybridized carbons (Fsp3) is 0.467. The fourth-order valence-electron chi connectivity index (χ4n) is 3.57. The molecule has 5 heteroatoms. The van der Waals surface area contributed by atoms with Gasteiger partial charge in [0.05, 0.1) is 11.5 Å². The molecule has 0 saturated carbocycles. The van der Waals surface area contributed by atoms with Gasteiger partial charge in [0.15, 0.2) is 11.5 Å². The van der Waals surface area contributed by atoms with E-state index in [9.17, 15) is 4.79 Å². The van der Waals surface area contributed by atoms with E-state index in [0.717, 1.165) is 12.4 Å². The number of hydrogen-bond acceptors (Lipinski definition) is 4. The summed E-state index contributed by atoms with van der Waals surface area (Å²) >= 11 is 0. The molecule has 104 valence electrons. The monoisotopic (exact) mass is 271 g/mol. The Hall–Kier alpha value is -1.88. The third kappa shape index (κ3) is 1.73. The van der Waals surface area contributed by atoms with Crippen LogP contribution in [0.1, 0.15) is 35.0 Å². The lowest BCUT2D eigenvalue weighted by Crippen LogP contribution is -2.46. The smallest absolute Gasteiger partial charge is 0.251 e. The largest absolute Gasteiger partial charge is 0.440 e. The molecule has 0 aliphatic carbocycles. The second-order valence-electron chi connectivity index (χ2n) is 5.81. The van der Waals surface area contributed by atoms with Crippen LogP contribution in [0.4, 0.5) is 0 Å². The van der Waals surface area contributed by atoms with Crippen LogP contribution < -0.4 is 5.73 Å². The maximum absolute atomic E-state index is 11.5. The van der Waals surface area contributed by atoms with Crippen LogP contribution in [-0.4, -0.2) is 35.4 Å². The molecular formula is C15H17N3O2. The lowest BCUT2D eigenvalue weighted by Gasteiger charge is -2.43. The molecule has 1 aromatic carbocycles. The van der Waals surface area contributed by atoms with Crippen LogP contribution in [0.25, 0.3) is 11.1 Å². The predicted molar refractivity (Wildman–Crippen MR) is 74.4 cm³/mol. The molecule has 3 fully saturated rings. The van der Waals surface area contributed by atoms with Crippen molar-refractivity contribution in [3.8, 4) is 0 Å². The summed E-state index contributed by atoms with van der Waals surface area (Å²) in [6.07, 6.45) is 2.43. The first kappa shape index (κ1) is 11.9. The molecule has 1 unspecified atom stereocenters. The highest BCUT2D eigenvalue weighted by molar-refractivity contribution is 6.03. The van der Waals surface area contributed by atoms with Crippen molar-refractivity contribution in [2.75, 3.05) is 19.6 Å². The van der Waals surface area contributed by atoms with Gasteiger partial charge in [0.2, 0.25) is 0 Å². The van der Waals surface area contributed by atoms with Crippen molar-refractivity contribution in [1.82, 2.24) is 9.88 Å². The molecule has 1 amide bonds. The van der Waals surface area contributed by atoms with Crippen molar-refractivity contribution in [1.29, 1.82) is 0 Å². The van der Waals surface area contributed by atoms with E-state index < -0.39 is 5.91 Å². The van der Waals surface area contributed by atoms with Gasteiger partial charge in [-0.05, 0) is 44.0 Å². The highest BCUT2D eigenvalue weighted by Crippen LogP contribution is 2.39. The number of benzene rings is 1. The molecule has 3 aliphatic rings. The topological polar surface area (TPSA) is 72.4 Å². The molecule has 1 atom stereocenters. The molecule has 0 spiro atoms. The molecule has 0 radical (unpaired) electrons. The van der Waals surface area contributed by atoms with E-state index in [-0.39, 0.29) is 0 Å². The minimum absolute atomic E-state index is 0.352. The zero-order chi connectivity index (χ0) is 13.7. The Morgan fingerprint density at radius 3 is 2.80 bits per heavy atom. The number of carbonyl (C=O) groups excluding carboxylic acids is 1. The summed E-state index contributed by atoms with van der Waals surface area (Å²) in [6, 6.07) is 5.33. The van der Waals surface area contributed by atoms with E-state index in [1.165, 1.54) is 25.9 Å². The number of nitrogens with two attached hydrogens (primary N) is 1. The molecular weight excluding hydrogens is 254 g/mol. The van der Waals surface area contributed by atoms with Gasteiger partial charge in [-0.3, -0.25) is 4.79 Å². The molecule has 2 N–H and O–H groups in total. The van der Waals surface area contributed by atoms with Crippen molar-refractivity contribution in [3.63, 3.8) is 0 Å². The summed E-state index contributed by atoms with van der Waals surface area (Å²) in [7, 11) is 0. The van der Waals surface area contributed by atoms with Gasteiger partial charge in [-0.1, -0.05) is 6.07 Å². The van der Waals surface area contributed by atoms with Crippen molar-refractivity contribution < 1.29 is 9.21 Å². The van der Waals surface area contributed by atoms with E-state index >= 15 is 0 Å². The number of amides is 1. The summed E-state index contributed by atoms with van der Waals surface area (Å²) < 4.78 is 5.91. The molecule has 2 aromatic rings. The van der Waals surface area contributed by atoms with Crippen LogP contribution in [0, 0.1) is 5.92 Å². The number of nitrogens with zero attached hydrogens (tertiary/aromatic N) is 2. The van der Waals surface area contributed by atoms with Crippen LogP contribution in [-0.2, 0) is 0 Å². The number of hydrogen-bond donors (Lipinski definition) is 1. The van der Waals surface area contributed by atoms with Gasteiger partial charge < -0.3 is 15.1 Å². The van der Waals surface area contributed by atoms with Gasteiger partial charge in [-0.25, -0.2) is 4.98 Å². The summed E-state index contributed by atoms with van der Waals surface area (Å²) in [4.78, 5) is 18.5. The second-order valence-corrected chi connectivity index (χ2v) is 5.81. The zero-order valence-corrected chi connectivity index (χ0v) is 11.2. The Kier molecular flexibility index (Phi) is 2.57. The van der Waals surface area contributed by atoms with Gasteiger partial charge in [-0.15, -0.1) is 0 Å². The third-order valence-corrected chi connectivity index (χ3v) is 4.67. The van der Waals surface area contributed by atoms with Crippen LogP contribution in [0.2, 0.25) is 0 Å². The maximum atomic E-state index is 11.5. The number of primary amides is 1. The number of carbonyl (C=O) groups is 1. The third-order valence-electron chi connectivity index (χ3n) is 4.67. The molecule has 3 saturated heterocycles. The summed E-state index contributed by atoms with van der Waals surface area (Å²) in [5, 5.41) is 0. The van der Waals surface area contributed by atoms with E-state index in [0.29, 0.717) is 28.5 Å². The van der Waals surface area contributed by atoms with Gasteiger partial charge >= 0.3 is 0 Å². The van der Waals surface area contributed by atoms with Gasteiger partial charge in [0.25, 0.3) is 5.91 Å². The Balaban J connectivity index is 1.78. The standard InChI is InChI=1S/C15H17N3O2/c16-14(19)10-2-1-3-12-13(10)17-15(20-12)11-8-18-6-4-9(11)5-7-18/h1-3,9,11H,4-8H2,(H2,16,19). The highest BCUT2D eigenvalue weighted by atomic mass is 16.3. The van der Waals surface area contributed by atoms with Crippen LogP contribution >= 0.6 is 0 Å². The molecule has 20 heavy (non-hydrogen) atoms. The molecule has 1 aromatic heterocycles. The van der Waals surface area contributed by atoms with Crippen molar-refractivity contribution in [3.05, 3.63) is 29.7 Å². The average Bonchev–Trinajstić information content (AvgIpc) is 2.92. The minimum atomic E-state index is -0.454. The van der Waals surface area contributed by atoms with Crippen molar-refractivity contribution >= 4 is 17.0 Å². The number of rotatable bonds is 2. The SMILES string of the molecule is NC(=O)c1cccc2oc(C3CN4CCC3CC4)nc12. The van der Waals surface area contributed by atoms with Crippen molar-refractivity contribution in [2.45, 2.75) is 18.8 Å². The first-order valence-corrected chi connectivity index (χ1v) is 7.14. The first-order valence-electron chi connectivity index (χ1n) is 7.14. The van der Waals surface area contributed by atoms with Crippen LogP contribution in [0.5, 0.6) is 0 Å². The second kappa shape index (κ2) is 4.31. The Morgan fingerprint density at radius 2 is 2.15 bits per heavy atom. The molecule has 3 aliphatic heterocycles. The van der Waals surface area contributed by atoms with Gasteiger partial charge in [0, 0.05) is 6.54 Å². The predicted octanol–water partition coefficient (Wildman–Crippen LogP) is 1.74. The zero-order valence-electron chi connectivity index (χ0n) is 11.2. The van der Waals surface area contributed by atoms with E-state index in [1.807, 2.05) is 6.07 Å². The summed E-state index contributed by atoms with van der Waals surface area (Å²) in [5.74, 6) is 1.32.